The van der Waals surface area contributed by atoms with Crippen LogP contribution in [-0.2, 0) is 9.53 Å². The molecule has 3 rings (SSSR count). The minimum Gasteiger partial charge on any atom is -0.497 e. The first kappa shape index (κ1) is 26.1. The van der Waals surface area contributed by atoms with Gasteiger partial charge in [0.2, 0.25) is 5.78 Å². The molecule has 0 saturated heterocycles. The monoisotopic (exact) mass is 493 g/mol. The predicted octanol–water partition coefficient (Wildman–Crippen LogP) is 4.16. The number of carbonyl (C=O) groups excluding carboxylic acids is 3. The maximum Gasteiger partial charge on any atom is 0.338 e. The maximum atomic E-state index is 12.6. The molecule has 188 valence electrons. The van der Waals surface area contributed by atoms with Crippen LogP contribution in [0, 0.1) is 0 Å². The van der Waals surface area contributed by atoms with Gasteiger partial charge in [-0.3, -0.25) is 9.59 Å². The van der Waals surface area contributed by atoms with Crippen LogP contribution in [-0.4, -0.2) is 51.7 Å². The number of hydrogen-bond acceptors (Lipinski definition) is 8. The first-order chi connectivity index (χ1) is 17.4. The summed E-state index contributed by atoms with van der Waals surface area (Å²) in [6.07, 6.45) is -1.01. The Morgan fingerprint density at radius 1 is 0.778 bits per heavy atom. The molecule has 0 fully saturated rings. The molecular formula is C27H27NO8. The number of ether oxygens (including phenoxy) is 5. The molecule has 0 aliphatic heterocycles. The molecule has 9 heteroatoms. The van der Waals surface area contributed by atoms with Gasteiger partial charge in [0, 0.05) is 5.56 Å². The first-order valence-electron chi connectivity index (χ1n) is 11.0. The van der Waals surface area contributed by atoms with Crippen LogP contribution in [0.15, 0.2) is 66.7 Å². The van der Waals surface area contributed by atoms with Crippen LogP contribution in [0.1, 0.15) is 27.6 Å². The van der Waals surface area contributed by atoms with E-state index < -0.39 is 18.0 Å². The van der Waals surface area contributed by atoms with E-state index >= 15 is 0 Å². The van der Waals surface area contributed by atoms with Crippen LogP contribution in [0.5, 0.6) is 23.0 Å². The van der Waals surface area contributed by atoms with E-state index in [9.17, 15) is 14.4 Å². The molecule has 9 nitrogen and oxygen atoms in total. The lowest BCUT2D eigenvalue weighted by Crippen LogP contribution is -2.24. The van der Waals surface area contributed by atoms with Gasteiger partial charge in [-0.25, -0.2) is 4.79 Å². The largest absolute Gasteiger partial charge is 0.497 e. The third-order valence-corrected chi connectivity index (χ3v) is 5.17. The highest BCUT2D eigenvalue weighted by atomic mass is 16.5. The Morgan fingerprint density at radius 3 is 2.11 bits per heavy atom. The van der Waals surface area contributed by atoms with E-state index in [4.69, 9.17) is 23.7 Å². The van der Waals surface area contributed by atoms with Crippen molar-refractivity contribution in [1.29, 1.82) is 0 Å². The number of rotatable bonds is 11. The van der Waals surface area contributed by atoms with Crippen molar-refractivity contribution in [2.24, 2.45) is 0 Å². The molecule has 3 aromatic rings. The molecule has 0 heterocycles. The zero-order valence-electron chi connectivity index (χ0n) is 20.4. The Kier molecular flexibility index (Phi) is 8.88. The summed E-state index contributed by atoms with van der Waals surface area (Å²) in [7, 11) is 4.44. The standard InChI is InChI=1S/C27H27NO8/c1-17(26(30)18-9-12-20(32-2)13-10-18)36-27(31)19-11-14-23(24(15-19)34-4)35-16-25(29)28-21-7-5-6-8-22(21)33-3/h5-15,17H,16H2,1-4H3,(H,28,29). The highest BCUT2D eigenvalue weighted by molar-refractivity contribution is 6.01. The number of benzene rings is 3. The molecule has 1 unspecified atom stereocenters. The van der Waals surface area contributed by atoms with Gasteiger partial charge in [0.05, 0.1) is 32.6 Å². The molecule has 0 saturated carbocycles. The van der Waals surface area contributed by atoms with Gasteiger partial charge in [-0.1, -0.05) is 12.1 Å². The molecule has 1 amide bonds. The van der Waals surface area contributed by atoms with Crippen LogP contribution in [0.25, 0.3) is 0 Å². The lowest BCUT2D eigenvalue weighted by atomic mass is 10.1. The summed E-state index contributed by atoms with van der Waals surface area (Å²) in [6, 6.07) is 17.9. The first-order valence-corrected chi connectivity index (χ1v) is 11.0. The summed E-state index contributed by atoms with van der Waals surface area (Å²) in [5.41, 5.74) is 1.06. The Hall–Kier alpha value is -4.53. The van der Waals surface area contributed by atoms with Crippen LogP contribution in [0.2, 0.25) is 0 Å². The van der Waals surface area contributed by atoms with Crippen molar-refractivity contribution in [1.82, 2.24) is 0 Å². The average molecular weight is 494 g/mol. The highest BCUT2D eigenvalue weighted by Gasteiger charge is 2.22. The normalized spacial score (nSPS) is 11.1. The number of amides is 1. The van der Waals surface area contributed by atoms with Gasteiger partial charge >= 0.3 is 5.97 Å². The number of methoxy groups -OCH3 is 3. The molecular weight excluding hydrogens is 466 g/mol. The number of carbonyl (C=O) groups is 3. The molecule has 0 aliphatic rings. The SMILES string of the molecule is COc1ccc(C(=O)C(C)OC(=O)c2ccc(OCC(=O)Nc3ccccc3OC)c(OC)c2)cc1. The van der Waals surface area contributed by atoms with Crippen molar-refractivity contribution >= 4 is 23.3 Å². The van der Waals surface area contributed by atoms with Gasteiger partial charge < -0.3 is 29.0 Å². The average Bonchev–Trinajstić information content (AvgIpc) is 2.91. The number of nitrogens with one attached hydrogen (secondary N) is 1. The molecule has 1 N–H and O–H groups in total. The molecule has 0 aromatic heterocycles. The molecule has 0 bridgehead atoms. The van der Waals surface area contributed by atoms with E-state index in [1.165, 1.54) is 46.5 Å². The summed E-state index contributed by atoms with van der Waals surface area (Å²) in [5, 5.41) is 2.71. The molecule has 36 heavy (non-hydrogen) atoms. The Morgan fingerprint density at radius 2 is 1.44 bits per heavy atom. The second-order valence-corrected chi connectivity index (χ2v) is 7.54. The zero-order chi connectivity index (χ0) is 26.1. The van der Waals surface area contributed by atoms with E-state index in [-0.39, 0.29) is 29.5 Å². The van der Waals surface area contributed by atoms with Crippen molar-refractivity contribution in [3.05, 3.63) is 77.9 Å². The number of para-hydroxylation sites is 2. The third kappa shape index (κ3) is 6.53. The number of esters is 1. The smallest absolute Gasteiger partial charge is 0.338 e. The number of ketones is 1. The van der Waals surface area contributed by atoms with Crippen LogP contribution < -0.4 is 24.3 Å². The summed E-state index contributed by atoms with van der Waals surface area (Å²) in [4.78, 5) is 37.6. The fourth-order valence-corrected chi connectivity index (χ4v) is 3.26. The Balaban J connectivity index is 1.61. The van der Waals surface area contributed by atoms with Gasteiger partial charge in [-0.2, -0.15) is 0 Å². The summed E-state index contributed by atoms with van der Waals surface area (Å²) in [5.74, 6) is 0.155. The van der Waals surface area contributed by atoms with Gasteiger partial charge in [0.25, 0.3) is 5.91 Å². The molecule has 0 radical (unpaired) electrons. The molecule has 1 atom stereocenters. The van der Waals surface area contributed by atoms with E-state index in [1.807, 2.05) is 0 Å². The van der Waals surface area contributed by atoms with Crippen LogP contribution in [0.4, 0.5) is 5.69 Å². The topological polar surface area (TPSA) is 109 Å². The van der Waals surface area contributed by atoms with Gasteiger partial charge in [0.1, 0.15) is 11.5 Å². The van der Waals surface area contributed by atoms with Crippen LogP contribution >= 0.6 is 0 Å². The van der Waals surface area contributed by atoms with Crippen molar-refractivity contribution in [2.45, 2.75) is 13.0 Å². The van der Waals surface area contributed by atoms with Crippen molar-refractivity contribution in [3.63, 3.8) is 0 Å². The van der Waals surface area contributed by atoms with E-state index in [0.29, 0.717) is 22.7 Å². The van der Waals surface area contributed by atoms with Crippen molar-refractivity contribution in [2.75, 3.05) is 33.3 Å². The summed E-state index contributed by atoms with van der Waals surface area (Å²) >= 11 is 0. The highest BCUT2D eigenvalue weighted by Crippen LogP contribution is 2.29. The third-order valence-electron chi connectivity index (χ3n) is 5.17. The molecule has 3 aromatic carbocycles. The fraction of sp³-hybridized carbons (Fsp3) is 0.222. The minimum absolute atomic E-state index is 0.159. The Bertz CT molecular complexity index is 1220. The van der Waals surface area contributed by atoms with Crippen LogP contribution in [0.3, 0.4) is 0 Å². The Labute approximate surface area is 208 Å². The van der Waals surface area contributed by atoms with Gasteiger partial charge in [0.15, 0.2) is 24.2 Å². The fourth-order valence-electron chi connectivity index (χ4n) is 3.26. The van der Waals surface area contributed by atoms with Crippen molar-refractivity contribution in [3.8, 4) is 23.0 Å². The second kappa shape index (κ2) is 12.3. The quantitative estimate of drug-likeness (QED) is 0.313. The lowest BCUT2D eigenvalue weighted by molar-refractivity contribution is -0.118. The predicted molar refractivity (Wildman–Crippen MR) is 132 cm³/mol. The second-order valence-electron chi connectivity index (χ2n) is 7.54. The van der Waals surface area contributed by atoms with Gasteiger partial charge in [-0.15, -0.1) is 0 Å². The van der Waals surface area contributed by atoms with Gasteiger partial charge in [-0.05, 0) is 61.5 Å². The zero-order valence-corrected chi connectivity index (χ0v) is 20.4. The van der Waals surface area contributed by atoms with Crippen molar-refractivity contribution < 1.29 is 38.1 Å². The van der Waals surface area contributed by atoms with E-state index in [1.54, 1.807) is 48.5 Å². The number of anilines is 1. The summed E-state index contributed by atoms with van der Waals surface area (Å²) < 4.78 is 26.5. The minimum atomic E-state index is -1.01. The van der Waals surface area contributed by atoms with E-state index in [0.717, 1.165) is 0 Å². The maximum absolute atomic E-state index is 12.6. The van der Waals surface area contributed by atoms with E-state index in [2.05, 4.69) is 5.32 Å². The lowest BCUT2D eigenvalue weighted by Gasteiger charge is -2.15. The summed E-state index contributed by atoms with van der Waals surface area (Å²) in [6.45, 7) is 1.20. The molecule has 0 spiro atoms. The molecule has 0 aliphatic carbocycles. The number of hydrogen-bond donors (Lipinski definition) is 1. The number of Topliss-reactive ketones (excluding diaryl/α,β-unsaturated/α-hetero) is 1.